The third-order valence-corrected chi connectivity index (χ3v) is 3.16. The Kier molecular flexibility index (Phi) is 5.80. The van der Waals surface area contributed by atoms with Gasteiger partial charge >= 0.3 is 0 Å². The van der Waals surface area contributed by atoms with Crippen molar-refractivity contribution in [3.63, 3.8) is 0 Å². The van der Waals surface area contributed by atoms with Gasteiger partial charge in [-0.2, -0.15) is 0 Å². The Morgan fingerprint density at radius 2 is 2.06 bits per heavy atom. The SMILES string of the molecule is CC(C)OSN(Cc1ccccn1)C(C)C. The molecule has 0 unspecified atom stereocenters. The number of hydrogen-bond donors (Lipinski definition) is 0. The van der Waals surface area contributed by atoms with Crippen LogP contribution in [0, 0.1) is 0 Å². The maximum absolute atomic E-state index is 5.55. The van der Waals surface area contributed by atoms with Crippen molar-refractivity contribution >= 4 is 12.2 Å². The summed E-state index contributed by atoms with van der Waals surface area (Å²) in [6, 6.07) is 6.40. The topological polar surface area (TPSA) is 25.4 Å². The molecule has 0 saturated heterocycles. The van der Waals surface area contributed by atoms with Crippen molar-refractivity contribution in [2.24, 2.45) is 0 Å². The van der Waals surface area contributed by atoms with Gasteiger partial charge in [0.25, 0.3) is 0 Å². The Hall–Kier alpha value is -0.580. The summed E-state index contributed by atoms with van der Waals surface area (Å²) in [7, 11) is 0. The maximum atomic E-state index is 5.55. The van der Waals surface area contributed by atoms with Crippen LogP contribution in [0.25, 0.3) is 0 Å². The molecule has 1 rings (SSSR count). The first kappa shape index (κ1) is 13.5. The van der Waals surface area contributed by atoms with Gasteiger partial charge in [0.05, 0.1) is 30.6 Å². The number of hydrogen-bond acceptors (Lipinski definition) is 4. The summed E-state index contributed by atoms with van der Waals surface area (Å²) in [5.74, 6) is 0. The molecule has 4 heteroatoms. The summed E-state index contributed by atoms with van der Waals surface area (Å²) >= 11 is 1.43. The lowest BCUT2D eigenvalue weighted by atomic mass is 10.3. The van der Waals surface area contributed by atoms with Crippen molar-refractivity contribution in [2.75, 3.05) is 0 Å². The fraction of sp³-hybridized carbons (Fsp3) is 0.583. The molecule has 0 spiro atoms. The Balaban J connectivity index is 2.51. The molecule has 3 nitrogen and oxygen atoms in total. The lowest BCUT2D eigenvalue weighted by molar-refractivity contribution is 0.254. The third kappa shape index (κ3) is 4.96. The van der Waals surface area contributed by atoms with Crippen molar-refractivity contribution in [2.45, 2.75) is 46.4 Å². The van der Waals surface area contributed by atoms with Crippen molar-refractivity contribution < 1.29 is 4.18 Å². The minimum atomic E-state index is 0.231. The van der Waals surface area contributed by atoms with Gasteiger partial charge in [0.1, 0.15) is 0 Å². The summed E-state index contributed by atoms with van der Waals surface area (Å²) in [6.07, 6.45) is 2.05. The first-order valence-electron chi connectivity index (χ1n) is 5.59. The average molecular weight is 240 g/mol. The highest BCUT2D eigenvalue weighted by Crippen LogP contribution is 2.20. The van der Waals surface area contributed by atoms with E-state index in [9.17, 15) is 0 Å². The zero-order valence-corrected chi connectivity index (χ0v) is 11.2. The van der Waals surface area contributed by atoms with Crippen LogP contribution in [0.4, 0.5) is 0 Å². The van der Waals surface area contributed by atoms with Gasteiger partial charge in [-0.15, -0.1) is 0 Å². The van der Waals surface area contributed by atoms with E-state index < -0.39 is 0 Å². The van der Waals surface area contributed by atoms with Crippen LogP contribution in [0.1, 0.15) is 33.4 Å². The normalized spacial score (nSPS) is 11.7. The molecule has 0 amide bonds. The average Bonchev–Trinajstić information content (AvgIpc) is 2.25. The standard InChI is InChI=1S/C12H20N2OS/c1-10(2)14(16-15-11(3)4)9-12-7-5-6-8-13-12/h5-8,10-11H,9H2,1-4H3. The van der Waals surface area contributed by atoms with Crippen LogP contribution >= 0.6 is 12.2 Å². The summed E-state index contributed by atoms with van der Waals surface area (Å²) < 4.78 is 7.74. The molecular formula is C12H20N2OS. The zero-order chi connectivity index (χ0) is 12.0. The van der Waals surface area contributed by atoms with Crippen LogP contribution in [-0.4, -0.2) is 21.4 Å². The molecule has 0 aliphatic heterocycles. The van der Waals surface area contributed by atoms with Gasteiger partial charge in [-0.05, 0) is 39.8 Å². The molecule has 16 heavy (non-hydrogen) atoms. The van der Waals surface area contributed by atoms with E-state index in [0.29, 0.717) is 6.04 Å². The Labute approximate surface area is 103 Å². The number of rotatable bonds is 6. The Bertz CT molecular complexity index is 290. The van der Waals surface area contributed by atoms with Crippen LogP contribution in [-0.2, 0) is 10.7 Å². The van der Waals surface area contributed by atoms with Crippen LogP contribution in [0.3, 0.4) is 0 Å². The Morgan fingerprint density at radius 1 is 1.31 bits per heavy atom. The summed E-state index contributed by atoms with van der Waals surface area (Å²) in [4.78, 5) is 4.32. The van der Waals surface area contributed by atoms with Gasteiger partial charge < -0.3 is 0 Å². The predicted octanol–water partition coefficient (Wildman–Crippen LogP) is 3.28. The maximum Gasteiger partial charge on any atom is 0.0828 e. The van der Waals surface area contributed by atoms with Crippen molar-refractivity contribution in [1.82, 2.24) is 9.29 Å². The molecule has 1 aromatic rings. The molecule has 0 atom stereocenters. The van der Waals surface area contributed by atoms with Crippen molar-refractivity contribution in [1.29, 1.82) is 0 Å². The molecule has 0 fully saturated rings. The van der Waals surface area contributed by atoms with E-state index in [1.165, 1.54) is 12.2 Å². The monoisotopic (exact) mass is 240 g/mol. The van der Waals surface area contributed by atoms with E-state index in [1.807, 2.05) is 38.2 Å². The fourth-order valence-corrected chi connectivity index (χ4v) is 1.73. The summed E-state index contributed by atoms with van der Waals surface area (Å²) in [5, 5.41) is 0. The highest BCUT2D eigenvalue weighted by molar-refractivity contribution is 7.92. The second kappa shape index (κ2) is 6.89. The molecule has 0 aromatic carbocycles. The van der Waals surface area contributed by atoms with Crippen LogP contribution in [0.2, 0.25) is 0 Å². The molecule has 0 bridgehead atoms. The van der Waals surface area contributed by atoms with Gasteiger partial charge in [0, 0.05) is 12.2 Å². The van der Waals surface area contributed by atoms with Crippen molar-refractivity contribution in [3.05, 3.63) is 30.1 Å². The second-order valence-electron chi connectivity index (χ2n) is 4.21. The second-order valence-corrected chi connectivity index (χ2v) is 5.02. The fourth-order valence-electron chi connectivity index (χ4n) is 1.09. The van der Waals surface area contributed by atoms with Gasteiger partial charge in [0.2, 0.25) is 0 Å². The molecule has 0 N–H and O–H groups in total. The van der Waals surface area contributed by atoms with Gasteiger partial charge in [0.15, 0.2) is 0 Å². The van der Waals surface area contributed by atoms with E-state index in [1.54, 1.807) is 0 Å². The molecule has 1 heterocycles. The van der Waals surface area contributed by atoms with Crippen LogP contribution in [0.15, 0.2) is 24.4 Å². The van der Waals surface area contributed by atoms with Gasteiger partial charge in [-0.3, -0.25) is 9.17 Å². The lowest BCUT2D eigenvalue weighted by Crippen LogP contribution is -2.24. The third-order valence-electron chi connectivity index (χ3n) is 1.95. The van der Waals surface area contributed by atoms with E-state index in [-0.39, 0.29) is 6.10 Å². The molecule has 1 aromatic heterocycles. The van der Waals surface area contributed by atoms with Gasteiger partial charge in [-0.25, -0.2) is 4.31 Å². The molecule has 0 aliphatic carbocycles. The predicted molar refractivity (Wildman–Crippen MR) is 68.7 cm³/mol. The molecule has 90 valence electrons. The van der Waals surface area contributed by atoms with Gasteiger partial charge in [-0.1, -0.05) is 6.07 Å². The molecule has 0 saturated carbocycles. The van der Waals surface area contributed by atoms with Crippen molar-refractivity contribution in [3.8, 4) is 0 Å². The zero-order valence-electron chi connectivity index (χ0n) is 10.4. The van der Waals surface area contributed by atoms with E-state index >= 15 is 0 Å². The van der Waals surface area contributed by atoms with E-state index in [0.717, 1.165) is 12.2 Å². The van der Waals surface area contributed by atoms with Crippen LogP contribution in [0.5, 0.6) is 0 Å². The number of pyridine rings is 1. The Morgan fingerprint density at radius 3 is 2.56 bits per heavy atom. The highest BCUT2D eigenvalue weighted by Gasteiger charge is 2.13. The largest absolute Gasteiger partial charge is 0.298 e. The summed E-state index contributed by atoms with van der Waals surface area (Å²) in [6.45, 7) is 9.17. The van der Waals surface area contributed by atoms with E-state index in [4.69, 9.17) is 4.18 Å². The number of aromatic nitrogens is 1. The first-order chi connectivity index (χ1) is 7.59. The lowest BCUT2D eigenvalue weighted by Gasteiger charge is -2.24. The summed E-state index contributed by atoms with van der Waals surface area (Å²) in [5.41, 5.74) is 1.07. The minimum absolute atomic E-state index is 0.231. The van der Waals surface area contributed by atoms with Crippen LogP contribution < -0.4 is 0 Å². The quantitative estimate of drug-likeness (QED) is 0.563. The minimum Gasteiger partial charge on any atom is -0.298 e. The molecule has 0 aliphatic rings. The van der Waals surface area contributed by atoms with E-state index in [2.05, 4.69) is 23.1 Å². The molecule has 0 radical (unpaired) electrons. The smallest absolute Gasteiger partial charge is 0.0828 e. The first-order valence-corrected chi connectivity index (χ1v) is 6.29. The number of nitrogens with zero attached hydrogens (tertiary/aromatic N) is 2. The molecular weight excluding hydrogens is 220 g/mol. The highest BCUT2D eigenvalue weighted by atomic mass is 32.2.